The van der Waals surface area contributed by atoms with E-state index in [2.05, 4.69) is 5.32 Å². The summed E-state index contributed by atoms with van der Waals surface area (Å²) in [6, 6.07) is 0.00889. The Morgan fingerprint density at radius 3 is 2.94 bits per heavy atom. The molecule has 2 N–H and O–H groups in total. The Balaban J connectivity index is 2.34. The van der Waals surface area contributed by atoms with Crippen molar-refractivity contribution >= 4 is 5.91 Å². The zero-order valence-corrected chi connectivity index (χ0v) is 11.4. The molecular formula is C12H24N2O4. The number of rotatable bonds is 6. The maximum absolute atomic E-state index is 11.8. The number of nitrogens with one attached hydrogen (secondary N) is 1. The molecule has 3 unspecified atom stereocenters. The van der Waals surface area contributed by atoms with Crippen LogP contribution in [0, 0.1) is 0 Å². The molecule has 106 valence electrons. The summed E-state index contributed by atoms with van der Waals surface area (Å²) in [6.07, 6.45) is -0.155. The average molecular weight is 260 g/mol. The molecule has 1 amide bonds. The minimum atomic E-state index is -0.196. The number of carbonyl (C=O) groups is 1. The number of ether oxygens (including phenoxy) is 2. The highest BCUT2D eigenvalue weighted by atomic mass is 16.5. The number of hydrogen-bond acceptors (Lipinski definition) is 5. The van der Waals surface area contributed by atoms with Crippen LogP contribution in [0.5, 0.6) is 0 Å². The molecule has 0 aliphatic carbocycles. The summed E-state index contributed by atoms with van der Waals surface area (Å²) in [5.74, 6) is -0.0228. The lowest BCUT2D eigenvalue weighted by atomic mass is 10.2. The molecule has 1 rings (SSSR count). The normalized spacial score (nSPS) is 26.9. The van der Waals surface area contributed by atoms with E-state index in [4.69, 9.17) is 14.6 Å². The van der Waals surface area contributed by atoms with Gasteiger partial charge in [0.25, 0.3) is 0 Å². The summed E-state index contributed by atoms with van der Waals surface area (Å²) in [5, 5.41) is 12.0. The van der Waals surface area contributed by atoms with Gasteiger partial charge in [0.1, 0.15) is 0 Å². The van der Waals surface area contributed by atoms with Crippen molar-refractivity contribution in [1.29, 1.82) is 0 Å². The fourth-order valence-electron chi connectivity index (χ4n) is 2.19. The van der Waals surface area contributed by atoms with Crippen LogP contribution in [0.15, 0.2) is 0 Å². The van der Waals surface area contributed by atoms with E-state index in [1.807, 2.05) is 18.7 Å². The lowest BCUT2D eigenvalue weighted by Gasteiger charge is -2.35. The maximum Gasteiger partial charge on any atom is 0.234 e. The Morgan fingerprint density at radius 2 is 2.33 bits per heavy atom. The van der Waals surface area contributed by atoms with Crippen molar-refractivity contribution in [3.63, 3.8) is 0 Å². The predicted octanol–water partition coefficient (Wildman–Crippen LogP) is -0.781. The van der Waals surface area contributed by atoms with E-state index in [0.717, 1.165) is 0 Å². The van der Waals surface area contributed by atoms with Crippen LogP contribution in [0.4, 0.5) is 0 Å². The van der Waals surface area contributed by atoms with Gasteiger partial charge in [-0.25, -0.2) is 0 Å². The van der Waals surface area contributed by atoms with E-state index in [0.29, 0.717) is 26.2 Å². The van der Waals surface area contributed by atoms with E-state index in [9.17, 15) is 4.79 Å². The zero-order chi connectivity index (χ0) is 13.5. The van der Waals surface area contributed by atoms with Gasteiger partial charge in [0.15, 0.2) is 0 Å². The van der Waals surface area contributed by atoms with E-state index in [-0.39, 0.29) is 30.8 Å². The van der Waals surface area contributed by atoms with Crippen molar-refractivity contribution in [3.8, 4) is 0 Å². The molecule has 1 aliphatic heterocycles. The number of amides is 1. The third-order valence-electron chi connectivity index (χ3n) is 2.80. The number of morpholine rings is 1. The largest absolute Gasteiger partial charge is 0.394 e. The number of aliphatic hydroxyl groups is 1. The van der Waals surface area contributed by atoms with Crippen molar-refractivity contribution in [2.45, 2.75) is 32.1 Å². The quantitative estimate of drug-likeness (QED) is 0.655. The minimum absolute atomic E-state index is 0.00889. The smallest absolute Gasteiger partial charge is 0.234 e. The third kappa shape index (κ3) is 5.30. The SMILES string of the molecule is COCC(C)NC(=O)CN1CC(C)OC(CO)C1. The van der Waals surface area contributed by atoms with Crippen LogP contribution in [0.3, 0.4) is 0 Å². The van der Waals surface area contributed by atoms with Crippen LogP contribution in [-0.4, -0.2) is 74.1 Å². The summed E-state index contributed by atoms with van der Waals surface area (Å²) in [7, 11) is 1.61. The highest BCUT2D eigenvalue weighted by Crippen LogP contribution is 2.10. The lowest BCUT2D eigenvalue weighted by Crippen LogP contribution is -2.51. The van der Waals surface area contributed by atoms with Crippen LogP contribution in [0.25, 0.3) is 0 Å². The molecule has 0 aromatic heterocycles. The van der Waals surface area contributed by atoms with Crippen LogP contribution in [-0.2, 0) is 14.3 Å². The van der Waals surface area contributed by atoms with Gasteiger partial charge in [-0.05, 0) is 13.8 Å². The van der Waals surface area contributed by atoms with E-state index in [1.54, 1.807) is 7.11 Å². The molecule has 6 heteroatoms. The van der Waals surface area contributed by atoms with Gasteiger partial charge >= 0.3 is 0 Å². The van der Waals surface area contributed by atoms with Gasteiger partial charge in [0.2, 0.25) is 5.91 Å². The summed E-state index contributed by atoms with van der Waals surface area (Å²) in [4.78, 5) is 13.8. The van der Waals surface area contributed by atoms with Crippen molar-refractivity contribution in [2.75, 3.05) is 40.0 Å². The fourth-order valence-corrected chi connectivity index (χ4v) is 2.19. The molecule has 0 aromatic carbocycles. The Kier molecular flexibility index (Phi) is 6.56. The predicted molar refractivity (Wildman–Crippen MR) is 67.3 cm³/mol. The topological polar surface area (TPSA) is 71.0 Å². The Bertz CT molecular complexity index is 262. The van der Waals surface area contributed by atoms with Gasteiger partial charge in [0.05, 0.1) is 32.0 Å². The van der Waals surface area contributed by atoms with Gasteiger partial charge < -0.3 is 19.9 Å². The molecule has 3 atom stereocenters. The summed E-state index contributed by atoms with van der Waals surface area (Å²) in [6.45, 7) is 5.97. The molecular weight excluding hydrogens is 236 g/mol. The zero-order valence-electron chi connectivity index (χ0n) is 11.4. The monoisotopic (exact) mass is 260 g/mol. The first-order valence-electron chi connectivity index (χ1n) is 6.32. The van der Waals surface area contributed by atoms with Gasteiger partial charge in [-0.3, -0.25) is 9.69 Å². The number of nitrogens with zero attached hydrogens (tertiary/aromatic N) is 1. The fraction of sp³-hybridized carbons (Fsp3) is 0.917. The maximum atomic E-state index is 11.8. The van der Waals surface area contributed by atoms with E-state index in [1.165, 1.54) is 0 Å². The summed E-state index contributed by atoms with van der Waals surface area (Å²) < 4.78 is 10.5. The van der Waals surface area contributed by atoms with E-state index < -0.39 is 0 Å². The molecule has 1 aliphatic rings. The molecule has 0 bridgehead atoms. The number of methoxy groups -OCH3 is 1. The molecule has 0 saturated carbocycles. The molecule has 6 nitrogen and oxygen atoms in total. The lowest BCUT2D eigenvalue weighted by molar-refractivity contribution is -0.129. The number of hydrogen-bond donors (Lipinski definition) is 2. The average Bonchev–Trinajstić information content (AvgIpc) is 2.27. The number of aliphatic hydroxyl groups excluding tert-OH is 1. The van der Waals surface area contributed by atoms with Crippen molar-refractivity contribution in [2.24, 2.45) is 0 Å². The second-order valence-corrected chi connectivity index (χ2v) is 4.87. The molecule has 1 saturated heterocycles. The Labute approximate surface area is 108 Å². The molecule has 1 heterocycles. The molecule has 0 spiro atoms. The van der Waals surface area contributed by atoms with Crippen LogP contribution < -0.4 is 5.32 Å². The van der Waals surface area contributed by atoms with E-state index >= 15 is 0 Å². The molecule has 18 heavy (non-hydrogen) atoms. The standard InChI is InChI=1S/C12H24N2O4/c1-9(8-17-3)13-12(16)6-14-4-10(2)18-11(5-14)7-15/h9-11,15H,4-8H2,1-3H3,(H,13,16). The van der Waals surface area contributed by atoms with Gasteiger partial charge in [-0.1, -0.05) is 0 Å². The van der Waals surface area contributed by atoms with Crippen molar-refractivity contribution in [3.05, 3.63) is 0 Å². The highest BCUT2D eigenvalue weighted by Gasteiger charge is 2.26. The van der Waals surface area contributed by atoms with Crippen LogP contribution in [0.1, 0.15) is 13.8 Å². The minimum Gasteiger partial charge on any atom is -0.394 e. The van der Waals surface area contributed by atoms with Gasteiger partial charge in [-0.2, -0.15) is 0 Å². The second kappa shape index (κ2) is 7.68. The Morgan fingerprint density at radius 1 is 1.61 bits per heavy atom. The van der Waals surface area contributed by atoms with Crippen LogP contribution >= 0.6 is 0 Å². The molecule has 1 fully saturated rings. The molecule has 0 aromatic rings. The van der Waals surface area contributed by atoms with Gasteiger partial charge in [-0.15, -0.1) is 0 Å². The Hall–Kier alpha value is -0.690. The summed E-state index contributed by atoms with van der Waals surface area (Å²) >= 11 is 0. The first-order valence-corrected chi connectivity index (χ1v) is 6.32. The first-order chi connectivity index (χ1) is 8.55. The third-order valence-corrected chi connectivity index (χ3v) is 2.80. The highest BCUT2D eigenvalue weighted by molar-refractivity contribution is 5.78. The van der Waals surface area contributed by atoms with Crippen LogP contribution in [0.2, 0.25) is 0 Å². The summed E-state index contributed by atoms with van der Waals surface area (Å²) in [5.41, 5.74) is 0. The van der Waals surface area contributed by atoms with Crippen molar-refractivity contribution < 1.29 is 19.4 Å². The van der Waals surface area contributed by atoms with Gasteiger partial charge in [0, 0.05) is 26.2 Å². The molecule has 0 radical (unpaired) electrons. The first kappa shape index (κ1) is 15.4. The second-order valence-electron chi connectivity index (χ2n) is 4.87. The number of carbonyl (C=O) groups excluding carboxylic acids is 1. The van der Waals surface area contributed by atoms with Crippen molar-refractivity contribution in [1.82, 2.24) is 10.2 Å².